The van der Waals surface area contributed by atoms with Gasteiger partial charge in [-0.3, -0.25) is 0 Å². The number of thioether (sulfide) groups is 1. The molecule has 0 bridgehead atoms. The number of halogens is 3. The zero-order valence-corrected chi connectivity index (χ0v) is 13.0. The summed E-state index contributed by atoms with van der Waals surface area (Å²) in [6, 6.07) is 5.61. The number of fused-ring (bicyclic) bond motifs is 1. The number of rotatable bonds is 1. The lowest BCUT2D eigenvalue weighted by Gasteiger charge is -2.07. The predicted molar refractivity (Wildman–Crippen MR) is 80.2 cm³/mol. The van der Waals surface area contributed by atoms with E-state index in [0.29, 0.717) is 16.0 Å². The Labute approximate surface area is 127 Å². The van der Waals surface area contributed by atoms with E-state index in [1.807, 2.05) is 18.2 Å². The Morgan fingerprint density at radius 2 is 2.00 bits per heavy atom. The van der Waals surface area contributed by atoms with Gasteiger partial charge in [0.2, 0.25) is 0 Å². The first kappa shape index (κ1) is 12.7. The van der Waals surface area contributed by atoms with Crippen LogP contribution in [0.15, 0.2) is 22.7 Å². The summed E-state index contributed by atoms with van der Waals surface area (Å²) in [6.45, 7) is 0. The van der Waals surface area contributed by atoms with E-state index < -0.39 is 0 Å². The predicted octanol–water partition coefficient (Wildman–Crippen LogP) is 4.96. The SMILES string of the molecule is Clc1ccc(Br)cc1-c1nc(Cl)c2c(n1)CSC2. The molecule has 1 aromatic carbocycles. The van der Waals surface area contributed by atoms with Crippen LogP contribution in [0, 0.1) is 0 Å². The van der Waals surface area contributed by atoms with Gasteiger partial charge < -0.3 is 0 Å². The van der Waals surface area contributed by atoms with Crippen molar-refractivity contribution in [1.82, 2.24) is 9.97 Å². The molecule has 1 aliphatic rings. The van der Waals surface area contributed by atoms with Gasteiger partial charge in [-0.15, -0.1) is 0 Å². The summed E-state index contributed by atoms with van der Waals surface area (Å²) >= 11 is 17.6. The molecule has 0 unspecified atom stereocenters. The summed E-state index contributed by atoms with van der Waals surface area (Å²) in [5.41, 5.74) is 2.87. The first-order valence-electron chi connectivity index (χ1n) is 5.23. The minimum atomic E-state index is 0.538. The summed E-state index contributed by atoms with van der Waals surface area (Å²) in [6.07, 6.45) is 0. The van der Waals surface area contributed by atoms with Gasteiger partial charge in [-0.1, -0.05) is 39.1 Å². The molecular formula is C12H7BrCl2N2S. The van der Waals surface area contributed by atoms with Gasteiger partial charge in [-0.05, 0) is 18.2 Å². The van der Waals surface area contributed by atoms with Crippen molar-refractivity contribution in [2.45, 2.75) is 11.5 Å². The van der Waals surface area contributed by atoms with Gasteiger partial charge in [0.1, 0.15) is 5.15 Å². The standard InChI is InChI=1S/C12H7BrCl2N2S/c13-6-1-2-9(14)7(3-6)12-16-10-5-18-4-8(10)11(15)17-12/h1-3H,4-5H2. The van der Waals surface area contributed by atoms with Crippen molar-refractivity contribution in [1.29, 1.82) is 0 Å². The van der Waals surface area contributed by atoms with Crippen LogP contribution in [0.25, 0.3) is 11.4 Å². The van der Waals surface area contributed by atoms with Gasteiger partial charge in [0.05, 0.1) is 10.7 Å². The lowest BCUT2D eigenvalue weighted by atomic mass is 10.2. The highest BCUT2D eigenvalue weighted by molar-refractivity contribution is 9.10. The van der Waals surface area contributed by atoms with Crippen LogP contribution in [0.4, 0.5) is 0 Å². The molecule has 0 radical (unpaired) electrons. The van der Waals surface area contributed by atoms with Crippen LogP contribution in [-0.4, -0.2) is 9.97 Å². The largest absolute Gasteiger partial charge is 0.232 e. The topological polar surface area (TPSA) is 25.8 Å². The molecule has 6 heteroatoms. The van der Waals surface area contributed by atoms with Crippen molar-refractivity contribution in [2.24, 2.45) is 0 Å². The average Bonchev–Trinajstić information content (AvgIpc) is 2.81. The fourth-order valence-corrected chi connectivity index (χ4v) is 3.74. The van der Waals surface area contributed by atoms with E-state index in [9.17, 15) is 0 Å². The Hall–Kier alpha value is -0.290. The van der Waals surface area contributed by atoms with Gasteiger partial charge in [-0.25, -0.2) is 9.97 Å². The summed E-state index contributed by atoms with van der Waals surface area (Å²) in [5, 5.41) is 1.16. The van der Waals surface area contributed by atoms with Crippen LogP contribution < -0.4 is 0 Å². The molecule has 92 valence electrons. The number of nitrogens with zero attached hydrogens (tertiary/aromatic N) is 2. The number of benzene rings is 1. The zero-order chi connectivity index (χ0) is 12.7. The lowest BCUT2D eigenvalue weighted by molar-refractivity contribution is 1.07. The lowest BCUT2D eigenvalue weighted by Crippen LogP contribution is -1.97. The Kier molecular flexibility index (Phi) is 3.54. The average molecular weight is 362 g/mol. The minimum Gasteiger partial charge on any atom is -0.232 e. The van der Waals surface area contributed by atoms with E-state index in [4.69, 9.17) is 23.2 Å². The summed E-state index contributed by atoms with van der Waals surface area (Å²) in [4.78, 5) is 8.92. The van der Waals surface area contributed by atoms with Crippen molar-refractivity contribution < 1.29 is 0 Å². The van der Waals surface area contributed by atoms with Crippen LogP contribution in [0.1, 0.15) is 11.3 Å². The molecule has 2 heterocycles. The highest BCUT2D eigenvalue weighted by atomic mass is 79.9. The first-order valence-corrected chi connectivity index (χ1v) is 7.94. The van der Waals surface area contributed by atoms with Crippen LogP contribution in [0.3, 0.4) is 0 Å². The van der Waals surface area contributed by atoms with Crippen LogP contribution >= 0.6 is 50.9 Å². The quantitative estimate of drug-likeness (QED) is 0.671. The maximum atomic E-state index is 6.20. The monoisotopic (exact) mass is 360 g/mol. The summed E-state index contributed by atoms with van der Waals surface area (Å²) in [7, 11) is 0. The fourth-order valence-electron chi connectivity index (χ4n) is 1.80. The molecule has 0 N–H and O–H groups in total. The number of aromatic nitrogens is 2. The van der Waals surface area contributed by atoms with Gasteiger partial charge >= 0.3 is 0 Å². The molecule has 1 aromatic heterocycles. The normalized spacial score (nSPS) is 13.7. The van der Waals surface area contributed by atoms with Gasteiger partial charge in [-0.2, -0.15) is 11.8 Å². The third-order valence-corrected chi connectivity index (χ3v) is 4.80. The fraction of sp³-hybridized carbons (Fsp3) is 0.167. The zero-order valence-electron chi connectivity index (χ0n) is 9.08. The van der Waals surface area contributed by atoms with Crippen molar-refractivity contribution in [3.05, 3.63) is 44.1 Å². The van der Waals surface area contributed by atoms with Crippen LogP contribution in [-0.2, 0) is 11.5 Å². The smallest absolute Gasteiger partial charge is 0.162 e. The van der Waals surface area contributed by atoms with Gasteiger partial charge in [0.15, 0.2) is 5.82 Å². The van der Waals surface area contributed by atoms with E-state index in [1.54, 1.807) is 11.8 Å². The molecule has 0 atom stereocenters. The van der Waals surface area contributed by atoms with E-state index in [-0.39, 0.29) is 0 Å². The molecule has 1 aliphatic heterocycles. The highest BCUT2D eigenvalue weighted by Gasteiger charge is 2.20. The Balaban J connectivity index is 2.18. The Morgan fingerprint density at radius 1 is 1.17 bits per heavy atom. The minimum absolute atomic E-state index is 0.538. The summed E-state index contributed by atoms with van der Waals surface area (Å²) < 4.78 is 0.941. The third kappa shape index (κ3) is 2.27. The molecule has 2 nitrogen and oxygen atoms in total. The van der Waals surface area contributed by atoms with Gasteiger partial charge in [0.25, 0.3) is 0 Å². The summed E-state index contributed by atoms with van der Waals surface area (Å²) in [5.74, 6) is 2.36. The van der Waals surface area contributed by atoms with Crippen LogP contribution in [0.5, 0.6) is 0 Å². The molecule has 18 heavy (non-hydrogen) atoms. The number of hydrogen-bond donors (Lipinski definition) is 0. The second kappa shape index (κ2) is 5.00. The molecule has 0 saturated heterocycles. The molecule has 0 aliphatic carbocycles. The number of hydrogen-bond acceptors (Lipinski definition) is 3. The molecule has 0 amide bonds. The maximum absolute atomic E-state index is 6.20. The maximum Gasteiger partial charge on any atom is 0.162 e. The van der Waals surface area contributed by atoms with Crippen molar-refractivity contribution >= 4 is 50.9 Å². The van der Waals surface area contributed by atoms with Crippen molar-refractivity contribution in [3.63, 3.8) is 0 Å². The Morgan fingerprint density at radius 3 is 2.83 bits per heavy atom. The molecule has 0 saturated carbocycles. The van der Waals surface area contributed by atoms with E-state index in [1.165, 1.54) is 0 Å². The van der Waals surface area contributed by atoms with E-state index >= 15 is 0 Å². The Bertz CT molecular complexity index is 634. The van der Waals surface area contributed by atoms with Gasteiger partial charge in [0, 0.05) is 27.1 Å². The molecule has 3 rings (SSSR count). The molecular weight excluding hydrogens is 355 g/mol. The molecule has 0 spiro atoms. The third-order valence-electron chi connectivity index (χ3n) is 2.70. The second-order valence-electron chi connectivity index (χ2n) is 3.88. The van der Waals surface area contributed by atoms with E-state index in [2.05, 4.69) is 25.9 Å². The van der Waals surface area contributed by atoms with Crippen molar-refractivity contribution in [3.8, 4) is 11.4 Å². The van der Waals surface area contributed by atoms with Crippen molar-refractivity contribution in [2.75, 3.05) is 0 Å². The first-order chi connectivity index (χ1) is 8.65. The molecule has 0 fully saturated rings. The molecule has 2 aromatic rings. The second-order valence-corrected chi connectivity index (χ2v) is 6.55. The highest BCUT2D eigenvalue weighted by Crippen LogP contribution is 2.36. The van der Waals surface area contributed by atoms with Crippen LogP contribution in [0.2, 0.25) is 10.2 Å². The van der Waals surface area contributed by atoms with E-state index in [0.717, 1.165) is 32.8 Å².